The van der Waals surface area contributed by atoms with E-state index >= 15 is 0 Å². The largest absolute Gasteiger partial charge is 0.508 e. The maximum atomic E-state index is 12.7. The number of phenols is 1. The van der Waals surface area contributed by atoms with Crippen LogP contribution in [0.25, 0.3) is 0 Å². The van der Waals surface area contributed by atoms with Gasteiger partial charge in [-0.25, -0.2) is 4.79 Å². The SMILES string of the molecule is CC(C)CC(N)C(=O)NC(Cc1ccc(O)cc1)C(=O)NCC(=O)NC(CC(=O)O)C(=O)O. The van der Waals surface area contributed by atoms with Gasteiger partial charge in [0, 0.05) is 6.42 Å². The van der Waals surface area contributed by atoms with Crippen LogP contribution in [0.4, 0.5) is 0 Å². The van der Waals surface area contributed by atoms with Crippen LogP contribution in [0.2, 0.25) is 0 Å². The summed E-state index contributed by atoms with van der Waals surface area (Å²) in [5, 5.41) is 34.0. The van der Waals surface area contributed by atoms with Gasteiger partial charge in [-0.2, -0.15) is 0 Å². The maximum absolute atomic E-state index is 12.7. The van der Waals surface area contributed by atoms with Crippen molar-refractivity contribution in [2.24, 2.45) is 11.7 Å². The number of nitrogens with two attached hydrogens (primary N) is 1. The van der Waals surface area contributed by atoms with Crippen LogP contribution >= 0.6 is 0 Å². The van der Waals surface area contributed by atoms with Gasteiger partial charge in [0.15, 0.2) is 0 Å². The lowest BCUT2D eigenvalue weighted by molar-refractivity contribution is -0.147. The summed E-state index contributed by atoms with van der Waals surface area (Å²) in [7, 11) is 0. The Morgan fingerprint density at radius 3 is 2.06 bits per heavy atom. The number of rotatable bonds is 13. The van der Waals surface area contributed by atoms with Gasteiger partial charge >= 0.3 is 11.9 Å². The summed E-state index contributed by atoms with van der Waals surface area (Å²) in [4.78, 5) is 58.9. The molecule has 1 aromatic carbocycles. The molecule has 0 aromatic heterocycles. The highest BCUT2D eigenvalue weighted by Gasteiger charge is 2.26. The van der Waals surface area contributed by atoms with Gasteiger partial charge in [-0.3, -0.25) is 19.2 Å². The number of benzene rings is 1. The fourth-order valence-electron chi connectivity index (χ4n) is 2.88. The van der Waals surface area contributed by atoms with E-state index in [4.69, 9.17) is 15.9 Å². The van der Waals surface area contributed by atoms with E-state index in [0.29, 0.717) is 12.0 Å². The highest BCUT2D eigenvalue weighted by atomic mass is 16.4. The molecule has 0 aliphatic heterocycles. The highest BCUT2D eigenvalue weighted by Crippen LogP contribution is 2.12. The van der Waals surface area contributed by atoms with Crippen LogP contribution in [-0.2, 0) is 30.4 Å². The molecule has 0 saturated carbocycles. The number of nitrogens with one attached hydrogen (secondary N) is 3. The first kappa shape index (κ1) is 27.4. The fourth-order valence-corrected chi connectivity index (χ4v) is 2.88. The van der Waals surface area contributed by atoms with Gasteiger partial charge in [0.25, 0.3) is 0 Å². The molecule has 12 nitrogen and oxygen atoms in total. The molecule has 3 amide bonds. The van der Waals surface area contributed by atoms with Gasteiger partial charge in [0.1, 0.15) is 17.8 Å². The van der Waals surface area contributed by atoms with Crippen molar-refractivity contribution in [1.82, 2.24) is 16.0 Å². The first-order valence-electron chi connectivity index (χ1n) is 10.2. The molecular weight excluding hydrogens is 436 g/mol. The Morgan fingerprint density at radius 1 is 0.939 bits per heavy atom. The molecule has 1 rings (SSSR count). The van der Waals surface area contributed by atoms with Gasteiger partial charge in [0.2, 0.25) is 17.7 Å². The van der Waals surface area contributed by atoms with Crippen LogP contribution in [0.5, 0.6) is 5.75 Å². The summed E-state index contributed by atoms with van der Waals surface area (Å²) in [6, 6.07) is 2.33. The summed E-state index contributed by atoms with van der Waals surface area (Å²) < 4.78 is 0. The number of amides is 3. The zero-order valence-electron chi connectivity index (χ0n) is 18.4. The average Bonchev–Trinajstić information content (AvgIpc) is 2.71. The van der Waals surface area contributed by atoms with Crippen molar-refractivity contribution in [3.05, 3.63) is 29.8 Å². The summed E-state index contributed by atoms with van der Waals surface area (Å²) in [5.41, 5.74) is 6.49. The lowest BCUT2D eigenvalue weighted by atomic mass is 10.0. The second-order valence-electron chi connectivity index (χ2n) is 7.94. The zero-order chi connectivity index (χ0) is 25.1. The van der Waals surface area contributed by atoms with Crippen molar-refractivity contribution < 1.29 is 39.3 Å². The van der Waals surface area contributed by atoms with E-state index in [9.17, 15) is 29.1 Å². The molecule has 0 aliphatic rings. The minimum absolute atomic E-state index is 0.0220. The monoisotopic (exact) mass is 466 g/mol. The van der Waals surface area contributed by atoms with Crippen LogP contribution in [0, 0.1) is 5.92 Å². The normalized spacial score (nSPS) is 13.5. The van der Waals surface area contributed by atoms with E-state index in [1.165, 1.54) is 12.1 Å². The van der Waals surface area contributed by atoms with E-state index in [1.54, 1.807) is 12.1 Å². The van der Waals surface area contributed by atoms with Crippen LogP contribution < -0.4 is 21.7 Å². The topological polar surface area (TPSA) is 208 Å². The van der Waals surface area contributed by atoms with E-state index in [-0.39, 0.29) is 18.1 Å². The Labute approximate surface area is 190 Å². The number of carboxylic acids is 2. The molecule has 0 saturated heterocycles. The third-order valence-electron chi connectivity index (χ3n) is 4.51. The van der Waals surface area contributed by atoms with Crippen LogP contribution in [0.15, 0.2) is 24.3 Å². The minimum atomic E-state index is -1.66. The second kappa shape index (κ2) is 13.0. The fraction of sp³-hybridized carbons (Fsp3) is 0.476. The standard InChI is InChI=1S/C21H30N4O8/c1-11(2)7-14(22)19(30)25-15(8-12-3-5-13(26)6-4-12)20(31)23-10-17(27)24-16(21(32)33)9-18(28)29/h3-6,11,14-16,26H,7-10,22H2,1-2H3,(H,23,31)(H,24,27)(H,25,30)(H,28,29)(H,32,33). The van der Waals surface area contributed by atoms with E-state index in [0.717, 1.165) is 0 Å². The van der Waals surface area contributed by atoms with Gasteiger partial charge in [-0.15, -0.1) is 0 Å². The first-order chi connectivity index (χ1) is 15.4. The third kappa shape index (κ3) is 10.5. The molecule has 0 heterocycles. The Balaban J connectivity index is 2.84. The Hall–Kier alpha value is -3.67. The Morgan fingerprint density at radius 2 is 1.55 bits per heavy atom. The highest BCUT2D eigenvalue weighted by molar-refractivity contribution is 5.93. The number of phenolic OH excluding ortho intramolecular Hbond substituents is 1. The average molecular weight is 466 g/mol. The number of hydrogen-bond acceptors (Lipinski definition) is 7. The molecule has 0 fully saturated rings. The molecule has 0 aliphatic carbocycles. The van der Waals surface area contributed by atoms with Crippen LogP contribution in [-0.4, -0.2) is 69.7 Å². The van der Waals surface area contributed by atoms with E-state index in [2.05, 4.69) is 10.6 Å². The molecule has 3 atom stereocenters. The van der Waals surface area contributed by atoms with Gasteiger partial charge in [-0.1, -0.05) is 26.0 Å². The Kier molecular flexibility index (Phi) is 10.8. The molecule has 182 valence electrons. The molecule has 0 radical (unpaired) electrons. The van der Waals surface area contributed by atoms with Gasteiger partial charge in [-0.05, 0) is 30.0 Å². The van der Waals surface area contributed by atoms with Crippen LogP contribution in [0.1, 0.15) is 32.3 Å². The van der Waals surface area contributed by atoms with Crippen molar-refractivity contribution in [2.45, 2.75) is 51.2 Å². The van der Waals surface area contributed by atoms with Gasteiger partial charge in [0.05, 0.1) is 19.0 Å². The predicted octanol–water partition coefficient (Wildman–Crippen LogP) is -1.05. The van der Waals surface area contributed by atoms with Crippen molar-refractivity contribution >= 4 is 29.7 Å². The Bertz CT molecular complexity index is 856. The summed E-state index contributed by atoms with van der Waals surface area (Å²) in [5.74, 6) is -4.98. The smallest absolute Gasteiger partial charge is 0.326 e. The molecule has 8 N–H and O–H groups in total. The van der Waals surface area contributed by atoms with E-state index in [1.807, 2.05) is 19.2 Å². The van der Waals surface area contributed by atoms with Crippen molar-refractivity contribution in [1.29, 1.82) is 0 Å². The lowest BCUT2D eigenvalue weighted by Gasteiger charge is -2.22. The van der Waals surface area contributed by atoms with Crippen molar-refractivity contribution in [2.75, 3.05) is 6.54 Å². The van der Waals surface area contributed by atoms with Gasteiger partial charge < -0.3 is 37.0 Å². The quantitative estimate of drug-likeness (QED) is 0.189. The molecule has 0 bridgehead atoms. The second-order valence-corrected chi connectivity index (χ2v) is 7.94. The molecule has 0 spiro atoms. The maximum Gasteiger partial charge on any atom is 0.326 e. The lowest BCUT2D eigenvalue weighted by Crippen LogP contribution is -2.54. The third-order valence-corrected chi connectivity index (χ3v) is 4.51. The van der Waals surface area contributed by atoms with E-state index < -0.39 is 60.8 Å². The first-order valence-corrected chi connectivity index (χ1v) is 10.2. The number of aromatic hydroxyl groups is 1. The number of hydrogen-bond donors (Lipinski definition) is 7. The van der Waals surface area contributed by atoms with Crippen molar-refractivity contribution in [3.63, 3.8) is 0 Å². The summed E-state index contributed by atoms with van der Waals surface area (Å²) in [6.07, 6.45) is -0.408. The minimum Gasteiger partial charge on any atom is -0.508 e. The molecule has 3 unspecified atom stereocenters. The summed E-state index contributed by atoms with van der Waals surface area (Å²) in [6.45, 7) is 3.14. The van der Waals surface area contributed by atoms with Crippen molar-refractivity contribution in [3.8, 4) is 5.75 Å². The molecule has 33 heavy (non-hydrogen) atoms. The number of carbonyl (C=O) groups excluding carboxylic acids is 3. The molecular formula is C21H30N4O8. The number of aliphatic carboxylic acids is 2. The van der Waals surface area contributed by atoms with Crippen LogP contribution in [0.3, 0.4) is 0 Å². The molecule has 12 heteroatoms. The number of carboxylic acid groups (broad SMARTS) is 2. The molecule has 1 aromatic rings. The summed E-state index contributed by atoms with van der Waals surface area (Å²) >= 11 is 0. The zero-order valence-corrected chi connectivity index (χ0v) is 18.4. The number of carbonyl (C=O) groups is 5. The predicted molar refractivity (Wildman–Crippen MR) is 116 cm³/mol.